The van der Waals surface area contributed by atoms with Gasteiger partial charge in [0, 0.05) is 28.2 Å². The second kappa shape index (κ2) is 3.88. The zero-order valence-electron chi connectivity index (χ0n) is 7.70. The largest absolute Gasteiger partial charge is 0.388 e. The maximum absolute atomic E-state index is 10.1. The molecule has 4 N–H and O–H groups in total. The maximum atomic E-state index is 10.1. The third kappa shape index (κ3) is 1.54. The summed E-state index contributed by atoms with van der Waals surface area (Å²) >= 11 is 3.44. The fraction of sp³-hybridized carbons (Fsp3) is 0.400. The van der Waals surface area contributed by atoms with Crippen molar-refractivity contribution in [2.45, 2.75) is 6.10 Å². The topological polar surface area (TPSA) is 58.3 Å². The van der Waals surface area contributed by atoms with Gasteiger partial charge in [-0.1, -0.05) is 22.0 Å². The lowest BCUT2D eigenvalue weighted by atomic mass is 9.91. The van der Waals surface area contributed by atoms with Gasteiger partial charge in [0.1, 0.15) is 0 Å². The molecule has 14 heavy (non-hydrogen) atoms. The predicted molar refractivity (Wildman–Crippen MR) is 60.1 cm³/mol. The molecule has 0 fully saturated rings. The quantitative estimate of drug-likeness (QED) is 0.714. The summed E-state index contributed by atoms with van der Waals surface area (Å²) < 4.78 is 0.938. The van der Waals surface area contributed by atoms with Gasteiger partial charge in [0.25, 0.3) is 0 Å². The summed E-state index contributed by atoms with van der Waals surface area (Å²) in [6, 6.07) is 5.85. The molecule has 4 heteroatoms. The van der Waals surface area contributed by atoms with Crippen LogP contribution >= 0.6 is 15.9 Å². The molecule has 3 nitrogen and oxygen atoms in total. The van der Waals surface area contributed by atoms with Gasteiger partial charge < -0.3 is 16.2 Å². The molecule has 1 aromatic rings. The molecule has 0 aromatic heterocycles. The van der Waals surface area contributed by atoms with E-state index < -0.39 is 6.10 Å². The van der Waals surface area contributed by atoms with Crippen molar-refractivity contribution in [1.82, 2.24) is 0 Å². The van der Waals surface area contributed by atoms with Crippen LogP contribution in [0.4, 0.5) is 5.69 Å². The third-order valence-corrected chi connectivity index (χ3v) is 3.34. The number of anilines is 1. The highest BCUT2D eigenvalue weighted by atomic mass is 79.9. The highest BCUT2D eigenvalue weighted by molar-refractivity contribution is 9.10. The van der Waals surface area contributed by atoms with Crippen LogP contribution in [0.25, 0.3) is 0 Å². The lowest BCUT2D eigenvalue weighted by Crippen LogP contribution is -2.33. The van der Waals surface area contributed by atoms with E-state index in [0.717, 1.165) is 22.3 Å². The van der Waals surface area contributed by atoms with E-state index in [1.165, 1.54) is 0 Å². The standard InChI is InChI=1S/C10H13BrN2O/c11-7-2-1-3-8-9(7)10(14)6(4-12)5-13-8/h1-3,6,10,13-14H,4-5,12H2. The van der Waals surface area contributed by atoms with E-state index >= 15 is 0 Å². The summed E-state index contributed by atoms with van der Waals surface area (Å²) in [5.74, 6) is 0.0983. The normalized spacial score (nSPS) is 25.4. The monoisotopic (exact) mass is 256 g/mol. The molecular formula is C10H13BrN2O. The molecule has 0 spiro atoms. The Balaban J connectivity index is 2.43. The van der Waals surface area contributed by atoms with E-state index in [4.69, 9.17) is 5.73 Å². The molecule has 2 rings (SSSR count). The number of hydrogen-bond donors (Lipinski definition) is 3. The van der Waals surface area contributed by atoms with E-state index in [-0.39, 0.29) is 5.92 Å². The fourth-order valence-corrected chi connectivity index (χ4v) is 2.39. The van der Waals surface area contributed by atoms with Gasteiger partial charge in [-0.05, 0) is 18.7 Å². The smallest absolute Gasteiger partial charge is 0.0878 e. The number of aliphatic hydroxyl groups is 1. The van der Waals surface area contributed by atoms with Crippen LogP contribution < -0.4 is 11.1 Å². The van der Waals surface area contributed by atoms with Crippen molar-refractivity contribution in [1.29, 1.82) is 0 Å². The molecule has 1 aromatic carbocycles. The summed E-state index contributed by atoms with van der Waals surface area (Å²) in [5.41, 5.74) is 7.51. The highest BCUT2D eigenvalue weighted by Gasteiger charge is 2.28. The van der Waals surface area contributed by atoms with Crippen molar-refractivity contribution in [2.24, 2.45) is 11.7 Å². The molecule has 1 aliphatic rings. The molecule has 0 amide bonds. The van der Waals surface area contributed by atoms with Crippen LogP contribution in [0.5, 0.6) is 0 Å². The zero-order chi connectivity index (χ0) is 10.1. The first-order chi connectivity index (χ1) is 6.74. The molecule has 2 unspecified atom stereocenters. The van der Waals surface area contributed by atoms with Crippen LogP contribution in [0, 0.1) is 5.92 Å². The summed E-state index contributed by atoms with van der Waals surface area (Å²) in [5, 5.41) is 13.3. The van der Waals surface area contributed by atoms with Crippen molar-refractivity contribution in [3.8, 4) is 0 Å². The van der Waals surface area contributed by atoms with Gasteiger partial charge in [0.15, 0.2) is 0 Å². The second-order valence-electron chi connectivity index (χ2n) is 3.52. The lowest BCUT2D eigenvalue weighted by molar-refractivity contribution is 0.114. The average molecular weight is 257 g/mol. The minimum Gasteiger partial charge on any atom is -0.388 e. The summed E-state index contributed by atoms with van der Waals surface area (Å²) in [7, 11) is 0. The molecule has 1 heterocycles. The molecule has 0 saturated heterocycles. The van der Waals surface area contributed by atoms with Crippen LogP contribution in [-0.4, -0.2) is 18.2 Å². The summed E-state index contributed by atoms with van der Waals surface area (Å²) in [4.78, 5) is 0. The number of rotatable bonds is 1. The minimum atomic E-state index is -0.466. The van der Waals surface area contributed by atoms with E-state index in [1.807, 2.05) is 18.2 Å². The minimum absolute atomic E-state index is 0.0983. The van der Waals surface area contributed by atoms with Crippen molar-refractivity contribution < 1.29 is 5.11 Å². The van der Waals surface area contributed by atoms with Gasteiger partial charge in [-0.3, -0.25) is 0 Å². The lowest BCUT2D eigenvalue weighted by Gasteiger charge is -2.31. The fourth-order valence-electron chi connectivity index (χ4n) is 1.79. The van der Waals surface area contributed by atoms with Crippen LogP contribution in [-0.2, 0) is 0 Å². The van der Waals surface area contributed by atoms with E-state index in [0.29, 0.717) is 6.54 Å². The predicted octanol–water partition coefficient (Wildman–Crippen LogP) is 1.48. The van der Waals surface area contributed by atoms with Crippen molar-refractivity contribution >= 4 is 21.6 Å². The Bertz CT molecular complexity index is 343. The van der Waals surface area contributed by atoms with Crippen LogP contribution in [0.15, 0.2) is 22.7 Å². The van der Waals surface area contributed by atoms with E-state index in [9.17, 15) is 5.11 Å². The van der Waals surface area contributed by atoms with Crippen LogP contribution in [0.3, 0.4) is 0 Å². The third-order valence-electron chi connectivity index (χ3n) is 2.65. The summed E-state index contributed by atoms with van der Waals surface area (Å²) in [6.45, 7) is 1.23. The molecule has 0 saturated carbocycles. The Morgan fingerprint density at radius 2 is 2.36 bits per heavy atom. The number of fused-ring (bicyclic) bond motifs is 1. The Kier molecular flexibility index (Phi) is 2.76. The zero-order valence-corrected chi connectivity index (χ0v) is 9.29. The molecule has 0 radical (unpaired) electrons. The van der Waals surface area contributed by atoms with Gasteiger partial charge in [0.05, 0.1) is 6.10 Å². The Morgan fingerprint density at radius 1 is 1.57 bits per heavy atom. The van der Waals surface area contributed by atoms with Gasteiger partial charge in [0.2, 0.25) is 0 Å². The first kappa shape index (κ1) is 9.96. The number of hydrogen-bond acceptors (Lipinski definition) is 3. The van der Waals surface area contributed by atoms with Gasteiger partial charge in [-0.2, -0.15) is 0 Å². The number of benzene rings is 1. The summed E-state index contributed by atoms with van der Waals surface area (Å²) in [6.07, 6.45) is -0.466. The number of aliphatic hydroxyl groups excluding tert-OH is 1. The molecule has 1 aliphatic heterocycles. The molecule has 0 aliphatic carbocycles. The Morgan fingerprint density at radius 3 is 3.07 bits per heavy atom. The molecule has 2 atom stereocenters. The van der Waals surface area contributed by atoms with Gasteiger partial charge >= 0.3 is 0 Å². The average Bonchev–Trinajstić information content (AvgIpc) is 2.18. The molecule has 0 bridgehead atoms. The van der Waals surface area contributed by atoms with Crippen molar-refractivity contribution in [2.75, 3.05) is 18.4 Å². The first-order valence-corrected chi connectivity index (χ1v) is 5.43. The van der Waals surface area contributed by atoms with Gasteiger partial charge in [-0.15, -0.1) is 0 Å². The SMILES string of the molecule is NCC1CNc2cccc(Br)c2C1O. The molecule has 76 valence electrons. The van der Waals surface area contributed by atoms with Gasteiger partial charge in [-0.25, -0.2) is 0 Å². The number of nitrogens with one attached hydrogen (secondary N) is 1. The number of nitrogens with two attached hydrogens (primary N) is 1. The molecular weight excluding hydrogens is 244 g/mol. The Labute approximate surface area is 91.4 Å². The van der Waals surface area contributed by atoms with Crippen LogP contribution in [0.2, 0.25) is 0 Å². The van der Waals surface area contributed by atoms with E-state index in [2.05, 4.69) is 21.2 Å². The van der Waals surface area contributed by atoms with Crippen molar-refractivity contribution in [3.05, 3.63) is 28.2 Å². The number of halogens is 1. The van der Waals surface area contributed by atoms with E-state index in [1.54, 1.807) is 0 Å². The highest BCUT2D eigenvalue weighted by Crippen LogP contribution is 2.37. The Hall–Kier alpha value is -0.580. The maximum Gasteiger partial charge on any atom is 0.0878 e. The van der Waals surface area contributed by atoms with Crippen LogP contribution in [0.1, 0.15) is 11.7 Å². The second-order valence-corrected chi connectivity index (χ2v) is 4.38. The first-order valence-electron chi connectivity index (χ1n) is 4.64. The van der Waals surface area contributed by atoms with Crippen molar-refractivity contribution in [3.63, 3.8) is 0 Å².